The van der Waals surface area contributed by atoms with Crippen LogP contribution in [0.1, 0.15) is 0 Å². The van der Waals surface area contributed by atoms with E-state index in [2.05, 4.69) is 0 Å². The van der Waals surface area contributed by atoms with Gasteiger partial charge in [0.2, 0.25) is 5.75 Å². The molecule has 0 saturated carbocycles. The first-order valence-electron chi connectivity index (χ1n) is 5.41. The number of rotatable bonds is 4. The fourth-order valence-electron chi connectivity index (χ4n) is 1.51. The molecule has 1 fully saturated rings. The molecule has 0 aromatic heterocycles. The third-order valence-corrected chi connectivity index (χ3v) is 2.88. The van der Waals surface area contributed by atoms with E-state index in [-0.39, 0.29) is 0 Å². The molecule has 0 bridgehead atoms. The summed E-state index contributed by atoms with van der Waals surface area (Å²) in [6.07, 6.45) is 0. The summed E-state index contributed by atoms with van der Waals surface area (Å²) in [6, 6.07) is 3.15. The molecule has 0 N–H and O–H groups in total. The molecule has 5 nitrogen and oxygen atoms in total. The molecule has 0 unspecified atom stereocenters. The third-order valence-electron chi connectivity index (χ3n) is 2.38. The van der Waals surface area contributed by atoms with Crippen molar-refractivity contribution in [2.45, 2.75) is 0 Å². The Morgan fingerprint density at radius 1 is 1.22 bits per heavy atom. The summed E-state index contributed by atoms with van der Waals surface area (Å²) >= 11 is 11.9. The first-order chi connectivity index (χ1) is 8.70. The Morgan fingerprint density at radius 2 is 1.94 bits per heavy atom. The highest BCUT2D eigenvalue weighted by Crippen LogP contribution is 2.37. The van der Waals surface area contributed by atoms with Crippen molar-refractivity contribution in [3.8, 4) is 11.5 Å². The minimum absolute atomic E-state index is 0.335. The molecule has 0 amide bonds. The monoisotopic (exact) mass is 293 g/mol. The number of methoxy groups -OCH3 is 1. The van der Waals surface area contributed by atoms with Gasteiger partial charge in [-0.2, -0.15) is 0 Å². The summed E-state index contributed by atoms with van der Waals surface area (Å²) in [7, 11) is 1.50. The Bertz CT molecular complexity index is 410. The maximum Gasteiger partial charge on any atom is 0.212 e. The molecule has 0 spiro atoms. The molecule has 1 aliphatic rings. The SMILES string of the molecule is COc1c(Cl)cc(Cl)cc1OON1CCOCC1. The predicted octanol–water partition coefficient (Wildman–Crippen LogP) is 2.56. The predicted molar refractivity (Wildman–Crippen MR) is 67.1 cm³/mol. The fraction of sp³-hybridized carbons (Fsp3) is 0.455. The number of halogens is 2. The molecule has 1 aromatic carbocycles. The van der Waals surface area contributed by atoms with E-state index < -0.39 is 0 Å². The van der Waals surface area contributed by atoms with Gasteiger partial charge in [-0.25, -0.2) is 0 Å². The summed E-state index contributed by atoms with van der Waals surface area (Å²) in [6.45, 7) is 2.49. The largest absolute Gasteiger partial charge is 0.491 e. The van der Waals surface area contributed by atoms with Crippen LogP contribution in [-0.4, -0.2) is 38.5 Å². The molecular weight excluding hydrogens is 281 g/mol. The molecule has 100 valence electrons. The summed E-state index contributed by atoms with van der Waals surface area (Å²) in [5, 5.41) is 2.46. The highest BCUT2D eigenvalue weighted by Gasteiger charge is 2.16. The second kappa shape index (κ2) is 6.45. The zero-order valence-electron chi connectivity index (χ0n) is 9.82. The summed E-state index contributed by atoms with van der Waals surface area (Å²) in [5.41, 5.74) is 0. The average Bonchev–Trinajstić information content (AvgIpc) is 2.37. The van der Waals surface area contributed by atoms with Gasteiger partial charge in [0.1, 0.15) is 0 Å². The third kappa shape index (κ3) is 3.40. The molecule has 1 heterocycles. The number of benzene rings is 1. The van der Waals surface area contributed by atoms with E-state index in [0.29, 0.717) is 47.8 Å². The molecule has 7 heteroatoms. The van der Waals surface area contributed by atoms with Crippen molar-refractivity contribution in [2.24, 2.45) is 0 Å². The smallest absolute Gasteiger partial charge is 0.212 e. The van der Waals surface area contributed by atoms with Crippen LogP contribution >= 0.6 is 23.2 Å². The van der Waals surface area contributed by atoms with Crippen molar-refractivity contribution in [1.29, 1.82) is 0 Å². The number of morpholine rings is 1. The number of hydrogen-bond acceptors (Lipinski definition) is 5. The summed E-state index contributed by atoms with van der Waals surface area (Å²) < 4.78 is 10.3. The second-order valence-electron chi connectivity index (χ2n) is 3.62. The lowest BCUT2D eigenvalue weighted by Crippen LogP contribution is -2.37. The minimum atomic E-state index is 0.335. The summed E-state index contributed by atoms with van der Waals surface area (Å²) in [4.78, 5) is 10.4. The van der Waals surface area contributed by atoms with E-state index in [1.807, 2.05) is 0 Å². The van der Waals surface area contributed by atoms with Gasteiger partial charge in [0.25, 0.3) is 0 Å². The Labute approximate surface area is 115 Å². The number of ether oxygens (including phenoxy) is 2. The van der Waals surface area contributed by atoms with Crippen LogP contribution in [0.15, 0.2) is 12.1 Å². The molecule has 1 aliphatic heterocycles. The van der Waals surface area contributed by atoms with E-state index in [0.717, 1.165) is 0 Å². The van der Waals surface area contributed by atoms with Gasteiger partial charge in [-0.1, -0.05) is 28.2 Å². The zero-order valence-corrected chi connectivity index (χ0v) is 11.3. The molecule has 0 atom stereocenters. The van der Waals surface area contributed by atoms with Gasteiger partial charge in [0.05, 0.1) is 38.4 Å². The van der Waals surface area contributed by atoms with Crippen molar-refractivity contribution < 1.29 is 19.3 Å². The lowest BCUT2D eigenvalue weighted by atomic mass is 10.3. The van der Waals surface area contributed by atoms with Crippen molar-refractivity contribution >= 4 is 23.2 Å². The van der Waals surface area contributed by atoms with Gasteiger partial charge < -0.3 is 14.4 Å². The van der Waals surface area contributed by atoms with Gasteiger partial charge in [-0.15, -0.1) is 5.06 Å². The van der Waals surface area contributed by atoms with Crippen molar-refractivity contribution in [1.82, 2.24) is 5.06 Å². The van der Waals surface area contributed by atoms with Crippen LogP contribution in [0.25, 0.3) is 0 Å². The van der Waals surface area contributed by atoms with E-state index in [4.69, 9.17) is 42.6 Å². The minimum Gasteiger partial charge on any atom is -0.491 e. The Kier molecular flexibility index (Phi) is 4.91. The maximum absolute atomic E-state index is 5.98. The van der Waals surface area contributed by atoms with Gasteiger partial charge in [0.15, 0.2) is 5.75 Å². The number of nitrogens with zero attached hydrogens (tertiary/aromatic N) is 1. The summed E-state index contributed by atoms with van der Waals surface area (Å²) in [5.74, 6) is 0.718. The molecule has 18 heavy (non-hydrogen) atoms. The normalized spacial score (nSPS) is 16.6. The van der Waals surface area contributed by atoms with E-state index >= 15 is 0 Å². The Hall–Kier alpha value is -0.720. The van der Waals surface area contributed by atoms with Gasteiger partial charge in [0, 0.05) is 11.1 Å². The van der Waals surface area contributed by atoms with E-state index in [9.17, 15) is 0 Å². The highest BCUT2D eigenvalue weighted by molar-refractivity contribution is 6.35. The van der Waals surface area contributed by atoms with Crippen LogP contribution < -0.4 is 9.62 Å². The standard InChI is InChI=1S/C11H13Cl2NO4/c1-15-11-9(13)6-8(12)7-10(11)17-18-14-2-4-16-5-3-14/h6-7H,2-5H2,1H3. The van der Waals surface area contributed by atoms with E-state index in [1.54, 1.807) is 17.2 Å². The van der Waals surface area contributed by atoms with E-state index in [1.165, 1.54) is 7.11 Å². The van der Waals surface area contributed by atoms with Gasteiger partial charge in [-0.3, -0.25) is 0 Å². The Morgan fingerprint density at radius 3 is 2.61 bits per heavy atom. The fourth-order valence-corrected chi connectivity index (χ4v) is 2.06. The van der Waals surface area contributed by atoms with Crippen LogP contribution in [0, 0.1) is 0 Å². The molecule has 2 rings (SSSR count). The van der Waals surface area contributed by atoms with Crippen LogP contribution in [0.4, 0.5) is 0 Å². The Balaban J connectivity index is 2.03. The van der Waals surface area contributed by atoms with Gasteiger partial charge in [-0.05, 0) is 6.07 Å². The van der Waals surface area contributed by atoms with Crippen LogP contribution in [-0.2, 0) is 9.73 Å². The van der Waals surface area contributed by atoms with Crippen LogP contribution in [0.2, 0.25) is 10.0 Å². The van der Waals surface area contributed by atoms with Crippen LogP contribution in [0.3, 0.4) is 0 Å². The second-order valence-corrected chi connectivity index (χ2v) is 4.46. The number of hydrogen-bond donors (Lipinski definition) is 0. The lowest BCUT2D eigenvalue weighted by molar-refractivity contribution is -0.378. The average molecular weight is 294 g/mol. The quantitative estimate of drug-likeness (QED) is 0.630. The highest BCUT2D eigenvalue weighted by atomic mass is 35.5. The first kappa shape index (κ1) is 13.7. The molecular formula is C11H13Cl2NO4. The molecule has 1 aromatic rings. The maximum atomic E-state index is 5.98. The zero-order chi connectivity index (χ0) is 13.0. The molecule has 0 radical (unpaired) electrons. The van der Waals surface area contributed by atoms with Crippen molar-refractivity contribution in [3.63, 3.8) is 0 Å². The first-order valence-corrected chi connectivity index (χ1v) is 6.16. The van der Waals surface area contributed by atoms with Gasteiger partial charge >= 0.3 is 0 Å². The van der Waals surface area contributed by atoms with Crippen LogP contribution in [0.5, 0.6) is 11.5 Å². The topological polar surface area (TPSA) is 40.2 Å². The molecule has 1 saturated heterocycles. The molecule has 0 aliphatic carbocycles. The lowest BCUT2D eigenvalue weighted by Gasteiger charge is -2.24. The number of hydroxylamine groups is 2. The van der Waals surface area contributed by atoms with Crippen molar-refractivity contribution in [2.75, 3.05) is 33.4 Å². The van der Waals surface area contributed by atoms with Crippen molar-refractivity contribution in [3.05, 3.63) is 22.2 Å².